The molecule has 1 aromatic rings. The standard InChI is InChI=1S/C12H17ClN2O2S.ClH/c1-9-4-5-11(13)12(7-9)18(16,17)15-6-2-3-10(14)8-15;/h4-5,7,10H,2-3,6,8,14H2,1H3;1H. The van der Waals surface area contributed by atoms with Crippen LogP contribution in [0, 0.1) is 6.92 Å². The summed E-state index contributed by atoms with van der Waals surface area (Å²) >= 11 is 6.00. The van der Waals surface area contributed by atoms with Gasteiger partial charge in [0.2, 0.25) is 10.0 Å². The highest BCUT2D eigenvalue weighted by molar-refractivity contribution is 7.89. The van der Waals surface area contributed by atoms with Crippen LogP contribution >= 0.6 is 24.0 Å². The fraction of sp³-hybridized carbons (Fsp3) is 0.500. The normalized spacial score (nSPS) is 20.9. The summed E-state index contributed by atoms with van der Waals surface area (Å²) in [6.45, 7) is 2.73. The summed E-state index contributed by atoms with van der Waals surface area (Å²) in [5, 5.41) is 0.264. The zero-order valence-corrected chi connectivity index (χ0v) is 13.1. The lowest BCUT2D eigenvalue weighted by atomic mass is 10.1. The minimum atomic E-state index is -3.53. The van der Waals surface area contributed by atoms with Crippen LogP contribution in [0.25, 0.3) is 0 Å². The Balaban J connectivity index is 0.00000180. The van der Waals surface area contributed by atoms with E-state index in [1.54, 1.807) is 18.2 Å². The number of hydrogen-bond acceptors (Lipinski definition) is 3. The van der Waals surface area contributed by atoms with Gasteiger partial charge in [-0.15, -0.1) is 12.4 Å². The lowest BCUT2D eigenvalue weighted by molar-refractivity contribution is 0.316. The number of benzene rings is 1. The van der Waals surface area contributed by atoms with Gasteiger partial charge < -0.3 is 5.73 Å². The predicted molar refractivity (Wildman–Crippen MR) is 79.4 cm³/mol. The van der Waals surface area contributed by atoms with E-state index in [4.69, 9.17) is 17.3 Å². The molecule has 2 N–H and O–H groups in total. The van der Waals surface area contributed by atoms with Gasteiger partial charge in [0, 0.05) is 19.1 Å². The topological polar surface area (TPSA) is 63.4 Å². The third-order valence-electron chi connectivity index (χ3n) is 3.13. The smallest absolute Gasteiger partial charge is 0.244 e. The Hall–Kier alpha value is -0.330. The second-order valence-corrected chi connectivity index (χ2v) is 7.01. The average Bonchev–Trinajstić information content (AvgIpc) is 2.32. The molecule has 1 saturated heterocycles. The summed E-state index contributed by atoms with van der Waals surface area (Å²) in [6, 6.07) is 4.94. The van der Waals surface area contributed by atoms with Crippen molar-refractivity contribution in [2.75, 3.05) is 13.1 Å². The van der Waals surface area contributed by atoms with Crippen LogP contribution in [0.4, 0.5) is 0 Å². The fourth-order valence-corrected chi connectivity index (χ4v) is 4.23. The van der Waals surface area contributed by atoms with Crippen molar-refractivity contribution in [1.29, 1.82) is 0 Å². The van der Waals surface area contributed by atoms with Crippen LogP contribution in [0.3, 0.4) is 0 Å². The van der Waals surface area contributed by atoms with Gasteiger partial charge in [-0.3, -0.25) is 0 Å². The molecule has 1 aliphatic heterocycles. The molecule has 0 saturated carbocycles. The third-order valence-corrected chi connectivity index (χ3v) is 5.47. The maximum Gasteiger partial charge on any atom is 0.244 e. The van der Waals surface area contributed by atoms with E-state index >= 15 is 0 Å². The molecule has 0 amide bonds. The second-order valence-electron chi connectivity index (χ2n) is 4.70. The molecule has 2 rings (SSSR count). The quantitative estimate of drug-likeness (QED) is 0.906. The first kappa shape index (κ1) is 16.7. The first-order valence-corrected chi connectivity index (χ1v) is 7.75. The summed E-state index contributed by atoms with van der Waals surface area (Å²) in [5.74, 6) is 0. The van der Waals surface area contributed by atoms with Crippen molar-refractivity contribution < 1.29 is 8.42 Å². The van der Waals surface area contributed by atoms with Crippen LogP contribution in [0.15, 0.2) is 23.1 Å². The molecular weight excluding hydrogens is 307 g/mol. The van der Waals surface area contributed by atoms with Crippen molar-refractivity contribution in [1.82, 2.24) is 4.31 Å². The van der Waals surface area contributed by atoms with Gasteiger partial charge in [0.25, 0.3) is 0 Å². The first-order chi connectivity index (χ1) is 8.41. The average molecular weight is 325 g/mol. The summed E-state index contributed by atoms with van der Waals surface area (Å²) < 4.78 is 26.4. The third kappa shape index (κ3) is 3.61. The van der Waals surface area contributed by atoms with Crippen LogP contribution in [0.1, 0.15) is 18.4 Å². The number of sulfonamides is 1. The molecule has 0 spiro atoms. The van der Waals surface area contributed by atoms with Crippen LogP contribution in [0.2, 0.25) is 5.02 Å². The van der Waals surface area contributed by atoms with E-state index in [9.17, 15) is 8.42 Å². The van der Waals surface area contributed by atoms with Crippen molar-refractivity contribution >= 4 is 34.0 Å². The number of piperidine rings is 1. The number of aryl methyl sites for hydroxylation is 1. The first-order valence-electron chi connectivity index (χ1n) is 5.93. The van der Waals surface area contributed by atoms with Gasteiger partial charge in [0.05, 0.1) is 5.02 Å². The van der Waals surface area contributed by atoms with Gasteiger partial charge >= 0.3 is 0 Å². The highest BCUT2D eigenvalue weighted by Gasteiger charge is 2.30. The monoisotopic (exact) mass is 324 g/mol. The molecule has 1 aromatic carbocycles. The van der Waals surface area contributed by atoms with Crippen molar-refractivity contribution in [2.24, 2.45) is 5.73 Å². The Labute approximate surface area is 125 Å². The molecule has 1 fully saturated rings. The van der Waals surface area contributed by atoms with Gasteiger partial charge in [-0.05, 0) is 37.5 Å². The van der Waals surface area contributed by atoms with E-state index in [0.29, 0.717) is 13.1 Å². The molecule has 1 heterocycles. The van der Waals surface area contributed by atoms with Crippen molar-refractivity contribution in [2.45, 2.75) is 30.7 Å². The minimum absolute atomic E-state index is 0. The van der Waals surface area contributed by atoms with Crippen molar-refractivity contribution in [3.8, 4) is 0 Å². The molecule has 0 aliphatic carbocycles. The van der Waals surface area contributed by atoms with E-state index in [0.717, 1.165) is 18.4 Å². The van der Waals surface area contributed by atoms with Crippen molar-refractivity contribution in [3.63, 3.8) is 0 Å². The van der Waals surface area contributed by atoms with Gasteiger partial charge in [-0.2, -0.15) is 4.31 Å². The second kappa shape index (κ2) is 6.41. The molecule has 108 valence electrons. The number of nitrogens with zero attached hydrogens (tertiary/aromatic N) is 1. The largest absolute Gasteiger partial charge is 0.327 e. The zero-order valence-electron chi connectivity index (χ0n) is 10.7. The molecule has 1 aliphatic rings. The van der Waals surface area contributed by atoms with E-state index in [1.165, 1.54) is 4.31 Å². The SMILES string of the molecule is Cc1ccc(Cl)c(S(=O)(=O)N2CCCC(N)C2)c1.Cl. The Kier molecular flexibility index (Phi) is 5.65. The molecule has 19 heavy (non-hydrogen) atoms. The summed E-state index contributed by atoms with van der Waals surface area (Å²) in [7, 11) is -3.53. The maximum absolute atomic E-state index is 12.5. The highest BCUT2D eigenvalue weighted by atomic mass is 35.5. The van der Waals surface area contributed by atoms with Crippen LogP contribution < -0.4 is 5.73 Å². The Morgan fingerprint density at radius 2 is 2.11 bits per heavy atom. The van der Waals surface area contributed by atoms with Crippen molar-refractivity contribution in [3.05, 3.63) is 28.8 Å². The van der Waals surface area contributed by atoms with Gasteiger partial charge in [0.15, 0.2) is 0 Å². The van der Waals surface area contributed by atoms with E-state index in [2.05, 4.69) is 0 Å². The number of rotatable bonds is 2. The molecule has 1 atom stereocenters. The molecule has 1 unspecified atom stereocenters. The fourth-order valence-electron chi connectivity index (χ4n) is 2.14. The molecule has 4 nitrogen and oxygen atoms in total. The lowest BCUT2D eigenvalue weighted by Gasteiger charge is -2.30. The lowest BCUT2D eigenvalue weighted by Crippen LogP contribution is -2.45. The summed E-state index contributed by atoms with van der Waals surface area (Å²) in [6.07, 6.45) is 1.66. The Morgan fingerprint density at radius 1 is 1.42 bits per heavy atom. The molecule has 0 radical (unpaired) electrons. The predicted octanol–water partition coefficient (Wildman–Crippen LogP) is 2.18. The van der Waals surface area contributed by atoms with E-state index < -0.39 is 10.0 Å². The van der Waals surface area contributed by atoms with Crippen LogP contribution in [-0.4, -0.2) is 31.9 Å². The Morgan fingerprint density at radius 3 is 2.74 bits per heavy atom. The van der Waals surface area contributed by atoms with E-state index in [-0.39, 0.29) is 28.4 Å². The number of hydrogen-bond donors (Lipinski definition) is 1. The number of nitrogens with two attached hydrogens (primary N) is 1. The van der Waals surface area contributed by atoms with Gasteiger partial charge in [-0.25, -0.2) is 8.42 Å². The molecule has 7 heteroatoms. The number of halogens is 2. The summed E-state index contributed by atoms with van der Waals surface area (Å²) in [4.78, 5) is 0.179. The minimum Gasteiger partial charge on any atom is -0.327 e. The molecule has 0 bridgehead atoms. The van der Waals surface area contributed by atoms with E-state index in [1.807, 2.05) is 6.92 Å². The molecule has 0 aromatic heterocycles. The maximum atomic E-state index is 12.5. The Bertz CT molecular complexity index is 549. The van der Waals surface area contributed by atoms with Gasteiger partial charge in [0.1, 0.15) is 4.90 Å². The zero-order chi connectivity index (χ0) is 13.3. The van der Waals surface area contributed by atoms with Crippen LogP contribution in [-0.2, 0) is 10.0 Å². The molecular formula is C12H18Cl2N2O2S. The highest BCUT2D eigenvalue weighted by Crippen LogP contribution is 2.27. The summed E-state index contributed by atoms with van der Waals surface area (Å²) in [5.41, 5.74) is 6.70. The van der Waals surface area contributed by atoms with Gasteiger partial charge in [-0.1, -0.05) is 17.7 Å². The van der Waals surface area contributed by atoms with Crippen LogP contribution in [0.5, 0.6) is 0 Å².